The van der Waals surface area contributed by atoms with E-state index in [2.05, 4.69) is 15.6 Å². The lowest BCUT2D eigenvalue weighted by Crippen LogP contribution is -2.32. The van der Waals surface area contributed by atoms with E-state index in [1.807, 2.05) is 6.07 Å². The van der Waals surface area contributed by atoms with Crippen LogP contribution in [0.4, 0.5) is 5.69 Å². The smallest absolute Gasteiger partial charge is 0.347 e. The maximum Gasteiger partial charge on any atom is 0.347 e. The van der Waals surface area contributed by atoms with Crippen LogP contribution in [0.3, 0.4) is 0 Å². The van der Waals surface area contributed by atoms with E-state index in [1.54, 1.807) is 24.3 Å². The van der Waals surface area contributed by atoms with Crippen LogP contribution >= 0.6 is 0 Å². The molecule has 2 amide bonds. The first-order valence-electron chi connectivity index (χ1n) is 6.69. The summed E-state index contributed by atoms with van der Waals surface area (Å²) in [5, 5.41) is 5.39. The Bertz CT molecular complexity index is 739. The number of hydrogen-bond acceptors (Lipinski definition) is 4. The molecule has 0 unspecified atom stereocenters. The minimum absolute atomic E-state index is 0.0853. The number of hydrogen-bond donors (Lipinski definition) is 2. The standard InChI is InChI=1S/C15H16N4O3/c1-11(20)18-13-5-2-4-12(8-13)9-17-14(21)10-19-7-3-6-16-15(19)22/h2-8H,9-10H2,1H3,(H,17,21)(H,18,20). The summed E-state index contributed by atoms with van der Waals surface area (Å²) in [4.78, 5) is 37.8. The Hall–Kier alpha value is -2.96. The Balaban J connectivity index is 1.92. The van der Waals surface area contributed by atoms with Gasteiger partial charge < -0.3 is 10.6 Å². The second-order valence-electron chi connectivity index (χ2n) is 4.69. The summed E-state index contributed by atoms with van der Waals surface area (Å²) < 4.78 is 1.23. The summed E-state index contributed by atoms with van der Waals surface area (Å²) >= 11 is 0. The van der Waals surface area contributed by atoms with Crippen molar-refractivity contribution in [3.63, 3.8) is 0 Å². The van der Waals surface area contributed by atoms with E-state index >= 15 is 0 Å². The molecule has 7 nitrogen and oxygen atoms in total. The molecule has 7 heteroatoms. The van der Waals surface area contributed by atoms with Crippen LogP contribution < -0.4 is 16.3 Å². The van der Waals surface area contributed by atoms with E-state index in [9.17, 15) is 14.4 Å². The van der Waals surface area contributed by atoms with Crippen molar-refractivity contribution >= 4 is 17.5 Å². The number of amides is 2. The van der Waals surface area contributed by atoms with E-state index in [0.29, 0.717) is 12.2 Å². The average molecular weight is 300 g/mol. The molecule has 2 N–H and O–H groups in total. The molecular weight excluding hydrogens is 284 g/mol. The van der Waals surface area contributed by atoms with Gasteiger partial charge in [0.2, 0.25) is 11.8 Å². The number of anilines is 1. The van der Waals surface area contributed by atoms with Gasteiger partial charge in [0.25, 0.3) is 0 Å². The number of carbonyl (C=O) groups excluding carboxylic acids is 2. The molecule has 22 heavy (non-hydrogen) atoms. The third-order valence-corrected chi connectivity index (χ3v) is 2.83. The van der Waals surface area contributed by atoms with E-state index in [4.69, 9.17) is 0 Å². The van der Waals surface area contributed by atoms with Crippen molar-refractivity contribution < 1.29 is 9.59 Å². The molecule has 0 spiro atoms. The zero-order valence-corrected chi connectivity index (χ0v) is 12.1. The molecule has 0 radical (unpaired) electrons. The van der Waals surface area contributed by atoms with Crippen LogP contribution in [-0.4, -0.2) is 21.4 Å². The van der Waals surface area contributed by atoms with Gasteiger partial charge in [-0.1, -0.05) is 12.1 Å². The number of rotatable bonds is 5. The molecule has 114 valence electrons. The lowest BCUT2D eigenvalue weighted by Gasteiger charge is -2.08. The lowest BCUT2D eigenvalue weighted by molar-refractivity contribution is -0.122. The summed E-state index contributed by atoms with van der Waals surface area (Å²) in [7, 11) is 0. The van der Waals surface area contributed by atoms with Crippen LogP contribution in [0.2, 0.25) is 0 Å². The number of carbonyl (C=O) groups is 2. The fourth-order valence-electron chi connectivity index (χ4n) is 1.88. The largest absolute Gasteiger partial charge is 0.350 e. The Morgan fingerprint density at radius 1 is 1.27 bits per heavy atom. The van der Waals surface area contributed by atoms with Crippen molar-refractivity contribution in [3.8, 4) is 0 Å². The normalized spacial score (nSPS) is 10.0. The minimum Gasteiger partial charge on any atom is -0.350 e. The van der Waals surface area contributed by atoms with E-state index < -0.39 is 5.69 Å². The summed E-state index contributed by atoms with van der Waals surface area (Å²) in [5.41, 5.74) is 1.05. The Morgan fingerprint density at radius 3 is 2.82 bits per heavy atom. The van der Waals surface area contributed by atoms with Gasteiger partial charge in [0.05, 0.1) is 0 Å². The molecule has 0 saturated heterocycles. The van der Waals surface area contributed by atoms with Crippen molar-refractivity contribution in [1.82, 2.24) is 14.9 Å². The van der Waals surface area contributed by atoms with Crippen molar-refractivity contribution in [2.24, 2.45) is 0 Å². The first-order chi connectivity index (χ1) is 10.5. The molecule has 0 aliphatic heterocycles. The maximum absolute atomic E-state index is 11.8. The van der Waals surface area contributed by atoms with Crippen molar-refractivity contribution in [3.05, 3.63) is 58.8 Å². The molecule has 0 saturated carbocycles. The van der Waals surface area contributed by atoms with Crippen LogP contribution in [0, 0.1) is 0 Å². The molecule has 0 bridgehead atoms. The molecule has 0 aliphatic carbocycles. The highest BCUT2D eigenvalue weighted by Gasteiger charge is 2.05. The fourth-order valence-corrected chi connectivity index (χ4v) is 1.88. The Morgan fingerprint density at radius 2 is 2.09 bits per heavy atom. The number of nitrogens with one attached hydrogen (secondary N) is 2. The van der Waals surface area contributed by atoms with Crippen molar-refractivity contribution in [1.29, 1.82) is 0 Å². The fraction of sp³-hybridized carbons (Fsp3) is 0.200. The van der Waals surface area contributed by atoms with Gasteiger partial charge >= 0.3 is 5.69 Å². The topological polar surface area (TPSA) is 93.1 Å². The highest BCUT2D eigenvalue weighted by atomic mass is 16.2. The first-order valence-corrected chi connectivity index (χ1v) is 6.69. The summed E-state index contributed by atoms with van der Waals surface area (Å²) in [6.07, 6.45) is 2.89. The zero-order valence-electron chi connectivity index (χ0n) is 12.1. The van der Waals surface area contributed by atoms with Gasteiger partial charge in [-0.25, -0.2) is 9.78 Å². The predicted octanol–water partition coefficient (Wildman–Crippen LogP) is 0.518. The van der Waals surface area contributed by atoms with Gasteiger partial charge in [0.1, 0.15) is 6.54 Å². The van der Waals surface area contributed by atoms with Crippen LogP contribution in [0.5, 0.6) is 0 Å². The molecule has 0 atom stereocenters. The Labute approximate surface area is 127 Å². The van der Waals surface area contributed by atoms with Crippen LogP contribution in [-0.2, 0) is 22.7 Å². The summed E-state index contributed by atoms with van der Waals surface area (Å²) in [6.45, 7) is 1.65. The van der Waals surface area contributed by atoms with Gasteiger partial charge in [0.15, 0.2) is 0 Å². The number of benzene rings is 1. The van der Waals surface area contributed by atoms with Gasteiger partial charge in [-0.15, -0.1) is 0 Å². The molecule has 0 fully saturated rings. The maximum atomic E-state index is 11.8. The van der Waals surface area contributed by atoms with Crippen molar-refractivity contribution in [2.45, 2.75) is 20.0 Å². The number of aromatic nitrogens is 2. The molecule has 0 aliphatic rings. The summed E-state index contributed by atoms with van der Waals surface area (Å²) in [6, 6.07) is 8.76. The monoisotopic (exact) mass is 300 g/mol. The van der Waals surface area contributed by atoms with Gasteiger partial charge in [-0.3, -0.25) is 14.2 Å². The molecule has 2 rings (SSSR count). The zero-order chi connectivity index (χ0) is 15.9. The number of nitrogens with zero attached hydrogens (tertiary/aromatic N) is 2. The molecular formula is C15H16N4O3. The van der Waals surface area contributed by atoms with Gasteiger partial charge in [-0.2, -0.15) is 0 Å². The van der Waals surface area contributed by atoms with Crippen LogP contribution in [0.15, 0.2) is 47.5 Å². The SMILES string of the molecule is CC(=O)Nc1cccc(CNC(=O)Cn2cccnc2=O)c1. The third-order valence-electron chi connectivity index (χ3n) is 2.83. The minimum atomic E-state index is -0.467. The average Bonchev–Trinajstić information content (AvgIpc) is 2.47. The third kappa shape index (κ3) is 4.55. The van der Waals surface area contributed by atoms with Crippen molar-refractivity contribution in [2.75, 3.05) is 5.32 Å². The van der Waals surface area contributed by atoms with Crippen LogP contribution in [0.25, 0.3) is 0 Å². The second kappa shape index (κ2) is 7.16. The molecule has 1 aromatic heterocycles. The van der Waals surface area contributed by atoms with E-state index in [0.717, 1.165) is 5.56 Å². The summed E-state index contributed by atoms with van der Waals surface area (Å²) in [5.74, 6) is -0.447. The first kappa shape index (κ1) is 15.4. The van der Waals surface area contributed by atoms with E-state index in [-0.39, 0.29) is 18.4 Å². The van der Waals surface area contributed by atoms with E-state index in [1.165, 1.54) is 23.9 Å². The molecule has 2 aromatic rings. The molecule has 1 heterocycles. The lowest BCUT2D eigenvalue weighted by atomic mass is 10.2. The predicted molar refractivity (Wildman–Crippen MR) is 81.1 cm³/mol. The quantitative estimate of drug-likeness (QED) is 0.842. The highest BCUT2D eigenvalue weighted by molar-refractivity contribution is 5.88. The molecule has 1 aromatic carbocycles. The van der Waals surface area contributed by atoms with Gasteiger partial charge in [0, 0.05) is 31.5 Å². The van der Waals surface area contributed by atoms with Crippen LogP contribution in [0.1, 0.15) is 12.5 Å². The Kier molecular flexibility index (Phi) is 5.02. The highest BCUT2D eigenvalue weighted by Crippen LogP contribution is 2.10. The van der Waals surface area contributed by atoms with Gasteiger partial charge in [-0.05, 0) is 23.8 Å². The second-order valence-corrected chi connectivity index (χ2v) is 4.69.